The Morgan fingerprint density at radius 3 is 2.20 bits per heavy atom. The van der Waals surface area contributed by atoms with Crippen LogP contribution in [0.4, 0.5) is 4.79 Å². The first-order valence-corrected chi connectivity index (χ1v) is 14.1. The highest BCUT2D eigenvalue weighted by atomic mass is 32.2. The number of aromatic nitrogens is 1. The van der Waals surface area contributed by atoms with Crippen molar-refractivity contribution in [2.24, 2.45) is 0 Å². The summed E-state index contributed by atoms with van der Waals surface area (Å²) in [6, 6.07) is 31.3. The minimum absolute atomic E-state index is 0.243. The van der Waals surface area contributed by atoms with E-state index < -0.39 is 0 Å². The van der Waals surface area contributed by atoms with Crippen LogP contribution in [-0.4, -0.2) is 27.7 Å². The number of aryl methyl sites for hydroxylation is 1. The first-order valence-electron chi connectivity index (χ1n) is 13.2. The van der Waals surface area contributed by atoms with E-state index in [0.29, 0.717) is 4.91 Å². The zero-order valence-electron chi connectivity index (χ0n) is 23.0. The van der Waals surface area contributed by atoms with Crippen LogP contribution in [0, 0.1) is 13.8 Å². The van der Waals surface area contributed by atoms with Crippen LogP contribution in [0.25, 0.3) is 22.5 Å². The zero-order valence-corrected chi connectivity index (χ0v) is 23.8. The predicted octanol–water partition coefficient (Wildman–Crippen LogP) is 8.28. The Morgan fingerprint density at radius 1 is 0.805 bits per heavy atom. The lowest BCUT2D eigenvalue weighted by molar-refractivity contribution is -0.123. The molecule has 1 saturated heterocycles. The van der Waals surface area contributed by atoms with Crippen LogP contribution in [0.15, 0.2) is 102 Å². The molecule has 41 heavy (non-hydrogen) atoms. The lowest BCUT2D eigenvalue weighted by Gasteiger charge is -2.14. The van der Waals surface area contributed by atoms with Crippen LogP contribution < -0.4 is 9.47 Å². The van der Waals surface area contributed by atoms with Crippen molar-refractivity contribution in [1.82, 2.24) is 9.47 Å². The monoisotopic (exact) mass is 560 g/mol. The van der Waals surface area contributed by atoms with Gasteiger partial charge in [0.2, 0.25) is 0 Å². The van der Waals surface area contributed by atoms with Gasteiger partial charge in [0.15, 0.2) is 0 Å². The summed E-state index contributed by atoms with van der Waals surface area (Å²) in [7, 11) is 1.63. The van der Waals surface area contributed by atoms with E-state index in [9.17, 15) is 9.59 Å². The molecule has 4 aromatic carbocycles. The topological polar surface area (TPSA) is 60.8 Å². The second kappa shape index (κ2) is 11.0. The number of hydrogen-bond donors (Lipinski definition) is 0. The fourth-order valence-corrected chi connectivity index (χ4v) is 5.98. The average Bonchev–Trinajstić information content (AvgIpc) is 3.42. The molecule has 5 aromatic rings. The number of hydrogen-bond acceptors (Lipinski definition) is 5. The fourth-order valence-electron chi connectivity index (χ4n) is 5.15. The number of ether oxygens (including phenoxy) is 2. The van der Waals surface area contributed by atoms with Gasteiger partial charge in [0.05, 0.1) is 18.6 Å². The van der Waals surface area contributed by atoms with E-state index >= 15 is 0 Å². The largest absolute Gasteiger partial charge is 0.497 e. The number of rotatable bonds is 7. The van der Waals surface area contributed by atoms with Gasteiger partial charge in [-0.3, -0.25) is 14.5 Å². The molecule has 0 bridgehead atoms. The third-order valence-corrected chi connectivity index (χ3v) is 8.14. The highest BCUT2D eigenvalue weighted by molar-refractivity contribution is 8.18. The first kappa shape index (κ1) is 26.5. The molecule has 2 amide bonds. The van der Waals surface area contributed by atoms with Gasteiger partial charge in [0.25, 0.3) is 11.1 Å². The van der Waals surface area contributed by atoms with E-state index in [0.717, 1.165) is 68.0 Å². The van der Waals surface area contributed by atoms with Gasteiger partial charge in [-0.1, -0.05) is 42.5 Å². The minimum Gasteiger partial charge on any atom is -0.497 e. The summed E-state index contributed by atoms with van der Waals surface area (Å²) >= 11 is 0.991. The standard InChI is InChI=1S/C34H28N2O4S/c1-22-19-26(23(2)36(22)27-11-13-29(14-12-27)40-30-17-15-28(39-3)16-18-30)20-32-33(37)35(34(38)41-32)21-25-9-6-8-24-7-4-5-10-31(24)25/h4-20H,21H2,1-3H3/b32-20-. The van der Waals surface area contributed by atoms with Gasteiger partial charge in [0, 0.05) is 17.1 Å². The van der Waals surface area contributed by atoms with Crippen molar-refractivity contribution in [3.05, 3.63) is 124 Å². The Bertz CT molecular complexity index is 1800. The summed E-state index contributed by atoms with van der Waals surface area (Å²) in [5.41, 5.74) is 4.83. The van der Waals surface area contributed by atoms with Crippen LogP contribution in [0.1, 0.15) is 22.5 Å². The summed E-state index contributed by atoms with van der Waals surface area (Å²) in [4.78, 5) is 28.0. The van der Waals surface area contributed by atoms with Gasteiger partial charge < -0.3 is 14.0 Å². The molecule has 1 aliphatic rings. The molecular weight excluding hydrogens is 532 g/mol. The SMILES string of the molecule is COc1ccc(Oc2ccc(-n3c(C)cc(/C=C4\SC(=O)N(Cc5cccc6ccccc56)C4=O)c3C)cc2)cc1. The van der Waals surface area contributed by atoms with Gasteiger partial charge in [0.1, 0.15) is 17.2 Å². The average molecular weight is 561 g/mol. The van der Waals surface area contributed by atoms with Crippen molar-refractivity contribution >= 4 is 39.8 Å². The minimum atomic E-state index is -0.266. The first-order chi connectivity index (χ1) is 19.9. The van der Waals surface area contributed by atoms with E-state index in [1.165, 1.54) is 4.90 Å². The van der Waals surface area contributed by atoms with Crippen molar-refractivity contribution in [1.29, 1.82) is 0 Å². The lowest BCUT2D eigenvalue weighted by Crippen LogP contribution is -2.27. The molecule has 0 N–H and O–H groups in total. The summed E-state index contributed by atoms with van der Waals surface area (Å²) in [5.74, 6) is 1.96. The number of nitrogens with zero attached hydrogens (tertiary/aromatic N) is 2. The number of methoxy groups -OCH3 is 1. The number of carbonyl (C=O) groups excluding carboxylic acids is 2. The van der Waals surface area contributed by atoms with E-state index in [4.69, 9.17) is 9.47 Å². The molecule has 1 aromatic heterocycles. The van der Waals surface area contributed by atoms with Crippen molar-refractivity contribution in [2.45, 2.75) is 20.4 Å². The van der Waals surface area contributed by atoms with Crippen molar-refractivity contribution in [3.8, 4) is 22.9 Å². The highest BCUT2D eigenvalue weighted by Crippen LogP contribution is 2.36. The summed E-state index contributed by atoms with van der Waals surface area (Å²) < 4.78 is 13.3. The number of benzene rings is 4. The van der Waals surface area contributed by atoms with Crippen molar-refractivity contribution in [3.63, 3.8) is 0 Å². The van der Waals surface area contributed by atoms with Gasteiger partial charge >= 0.3 is 0 Å². The van der Waals surface area contributed by atoms with E-state index in [2.05, 4.69) is 4.57 Å². The molecule has 0 spiro atoms. The van der Waals surface area contributed by atoms with Crippen LogP contribution in [-0.2, 0) is 11.3 Å². The number of amides is 2. The van der Waals surface area contributed by atoms with Gasteiger partial charge in [-0.2, -0.15) is 0 Å². The number of imide groups is 1. The molecule has 6 rings (SSSR count). The molecular formula is C34H28N2O4S. The van der Waals surface area contributed by atoms with Gasteiger partial charge in [-0.15, -0.1) is 0 Å². The van der Waals surface area contributed by atoms with E-state index in [1.54, 1.807) is 7.11 Å². The molecule has 204 valence electrons. The van der Waals surface area contributed by atoms with Crippen LogP contribution in [0.3, 0.4) is 0 Å². The third kappa shape index (κ3) is 5.24. The molecule has 6 nitrogen and oxygen atoms in total. The van der Waals surface area contributed by atoms with Gasteiger partial charge in [-0.05, 0) is 108 Å². The lowest BCUT2D eigenvalue weighted by atomic mass is 10.0. The molecule has 0 saturated carbocycles. The van der Waals surface area contributed by atoms with Crippen molar-refractivity contribution in [2.75, 3.05) is 7.11 Å². The van der Waals surface area contributed by atoms with Crippen LogP contribution >= 0.6 is 11.8 Å². The normalized spacial score (nSPS) is 14.3. The zero-order chi connectivity index (χ0) is 28.5. The summed E-state index contributed by atoms with van der Waals surface area (Å²) in [5, 5.41) is 1.87. The molecule has 0 aliphatic carbocycles. The quantitative estimate of drug-likeness (QED) is 0.188. The molecule has 0 unspecified atom stereocenters. The molecule has 0 atom stereocenters. The van der Waals surface area contributed by atoms with Crippen molar-refractivity contribution < 1.29 is 19.1 Å². The van der Waals surface area contributed by atoms with Gasteiger partial charge in [-0.25, -0.2) is 0 Å². The predicted molar refractivity (Wildman–Crippen MR) is 164 cm³/mol. The molecule has 2 heterocycles. The van der Waals surface area contributed by atoms with Crippen LogP contribution in [0.5, 0.6) is 17.2 Å². The maximum absolute atomic E-state index is 13.3. The Hall–Kier alpha value is -4.75. The third-order valence-electron chi connectivity index (χ3n) is 7.23. The van der Waals surface area contributed by atoms with E-state index in [1.807, 2.05) is 117 Å². The second-order valence-electron chi connectivity index (χ2n) is 9.84. The summed E-state index contributed by atoms with van der Waals surface area (Å²) in [6.07, 6.45) is 1.83. The maximum Gasteiger partial charge on any atom is 0.293 e. The number of fused-ring (bicyclic) bond motifs is 1. The van der Waals surface area contributed by atoms with Crippen LogP contribution in [0.2, 0.25) is 0 Å². The summed E-state index contributed by atoms with van der Waals surface area (Å²) in [6.45, 7) is 4.28. The molecule has 1 fully saturated rings. The Balaban J connectivity index is 1.21. The molecule has 1 aliphatic heterocycles. The Labute approximate surface area is 242 Å². The molecule has 7 heteroatoms. The smallest absolute Gasteiger partial charge is 0.293 e. The fraction of sp³-hybridized carbons (Fsp3) is 0.118. The maximum atomic E-state index is 13.3. The molecule has 0 radical (unpaired) electrons. The number of thioether (sulfide) groups is 1. The van der Waals surface area contributed by atoms with E-state index in [-0.39, 0.29) is 17.7 Å². The second-order valence-corrected chi connectivity index (χ2v) is 10.8. The Morgan fingerprint density at radius 2 is 1.46 bits per heavy atom. The Kier molecular flexibility index (Phi) is 7.12. The highest BCUT2D eigenvalue weighted by Gasteiger charge is 2.35. The number of carbonyl (C=O) groups is 2.